The molecular formula is C24H33N3O4. The Labute approximate surface area is 184 Å². The Balaban J connectivity index is 1.54. The van der Waals surface area contributed by atoms with Gasteiger partial charge in [-0.3, -0.25) is 4.79 Å². The van der Waals surface area contributed by atoms with Crippen LogP contribution in [-0.4, -0.2) is 53.8 Å². The first-order valence-electron chi connectivity index (χ1n) is 10.8. The van der Waals surface area contributed by atoms with Crippen molar-refractivity contribution >= 4 is 12.0 Å². The van der Waals surface area contributed by atoms with Crippen LogP contribution in [0.2, 0.25) is 0 Å². The molecule has 3 rings (SSSR count). The quantitative estimate of drug-likeness (QED) is 0.755. The molecule has 0 spiro atoms. The highest BCUT2D eigenvalue weighted by atomic mass is 16.6. The van der Waals surface area contributed by atoms with Crippen molar-refractivity contribution < 1.29 is 19.1 Å². The number of methoxy groups -OCH3 is 1. The number of hydrogen-bond acceptors (Lipinski definition) is 4. The lowest BCUT2D eigenvalue weighted by Gasteiger charge is -2.34. The number of amides is 2. The van der Waals surface area contributed by atoms with Crippen LogP contribution in [0.25, 0.3) is 0 Å². The van der Waals surface area contributed by atoms with Crippen LogP contribution in [0.15, 0.2) is 42.6 Å². The molecule has 168 valence electrons. The van der Waals surface area contributed by atoms with E-state index in [2.05, 4.69) is 5.32 Å². The van der Waals surface area contributed by atoms with Gasteiger partial charge in [0.25, 0.3) is 5.91 Å². The molecular weight excluding hydrogens is 394 g/mol. The second-order valence-electron chi connectivity index (χ2n) is 8.82. The Hall–Kier alpha value is -2.96. The summed E-state index contributed by atoms with van der Waals surface area (Å²) < 4.78 is 12.9. The van der Waals surface area contributed by atoms with Gasteiger partial charge in [0.15, 0.2) is 0 Å². The summed E-state index contributed by atoms with van der Waals surface area (Å²) in [6.45, 7) is 7.38. The zero-order valence-electron chi connectivity index (χ0n) is 18.9. The summed E-state index contributed by atoms with van der Waals surface area (Å²) in [4.78, 5) is 26.8. The third kappa shape index (κ3) is 6.03. The molecule has 1 aromatic heterocycles. The molecule has 0 radical (unpaired) electrons. The van der Waals surface area contributed by atoms with Crippen LogP contribution in [0.5, 0.6) is 5.75 Å². The van der Waals surface area contributed by atoms with Crippen LogP contribution in [-0.2, 0) is 11.2 Å². The van der Waals surface area contributed by atoms with Crippen LogP contribution in [0, 0.1) is 0 Å². The molecule has 0 bridgehead atoms. The molecule has 1 aromatic carbocycles. The average molecular weight is 428 g/mol. The summed E-state index contributed by atoms with van der Waals surface area (Å²) in [5, 5.41) is 3.02. The van der Waals surface area contributed by atoms with Crippen LogP contribution >= 0.6 is 0 Å². The molecule has 1 aliphatic heterocycles. The first kappa shape index (κ1) is 22.7. The van der Waals surface area contributed by atoms with Crippen LogP contribution in [0.4, 0.5) is 4.79 Å². The van der Waals surface area contributed by atoms with E-state index < -0.39 is 5.60 Å². The highest BCUT2D eigenvalue weighted by Gasteiger charge is 2.28. The minimum atomic E-state index is -0.497. The van der Waals surface area contributed by atoms with Gasteiger partial charge in [-0.15, -0.1) is 0 Å². The Morgan fingerprint density at radius 2 is 1.81 bits per heavy atom. The largest absolute Gasteiger partial charge is 0.496 e. The fourth-order valence-electron chi connectivity index (χ4n) is 3.87. The molecule has 2 aromatic rings. The molecule has 2 amide bonds. The van der Waals surface area contributed by atoms with E-state index in [1.807, 2.05) is 67.9 Å². The van der Waals surface area contributed by atoms with Crippen molar-refractivity contribution in [1.29, 1.82) is 0 Å². The Bertz CT molecular complexity index is 892. The lowest BCUT2D eigenvalue weighted by atomic mass is 10.0. The van der Waals surface area contributed by atoms with Crippen molar-refractivity contribution in [3.63, 3.8) is 0 Å². The number of hydrogen-bond donors (Lipinski definition) is 1. The molecule has 7 heteroatoms. The number of piperidine rings is 1. The van der Waals surface area contributed by atoms with E-state index in [-0.39, 0.29) is 18.0 Å². The van der Waals surface area contributed by atoms with Crippen molar-refractivity contribution in [3.05, 3.63) is 53.9 Å². The second-order valence-corrected chi connectivity index (χ2v) is 8.82. The lowest BCUT2D eigenvalue weighted by molar-refractivity contribution is 0.0187. The molecule has 1 saturated heterocycles. The standard InChI is InChI=1S/C24H33N3O4/c1-24(2,3)31-23(29)26-16-12-19(13-17-26)27-15-7-9-20(27)22(28)25-14-11-18-8-5-6-10-21(18)30-4/h5-10,15,19H,11-14,16-17H2,1-4H3,(H,25,28). The maximum absolute atomic E-state index is 12.8. The number of ether oxygens (including phenoxy) is 2. The number of nitrogens with zero attached hydrogens (tertiary/aromatic N) is 2. The summed E-state index contributed by atoms with van der Waals surface area (Å²) in [5.74, 6) is 0.742. The average Bonchev–Trinajstić information content (AvgIpc) is 3.23. The maximum Gasteiger partial charge on any atom is 0.410 e. The summed E-state index contributed by atoms with van der Waals surface area (Å²) >= 11 is 0. The molecule has 0 unspecified atom stereocenters. The predicted octanol–water partition coefficient (Wildman–Crippen LogP) is 4.04. The van der Waals surface area contributed by atoms with Crippen LogP contribution in [0.1, 0.15) is 55.7 Å². The Morgan fingerprint density at radius 1 is 1.10 bits per heavy atom. The Kier molecular flexibility index (Phi) is 7.25. The van der Waals surface area contributed by atoms with Gasteiger partial charge in [-0.05, 0) is 63.8 Å². The zero-order chi connectivity index (χ0) is 22.4. The number of likely N-dealkylation sites (tertiary alicyclic amines) is 1. The van der Waals surface area contributed by atoms with E-state index in [0.29, 0.717) is 31.7 Å². The summed E-state index contributed by atoms with van der Waals surface area (Å²) in [7, 11) is 1.65. The van der Waals surface area contributed by atoms with E-state index in [4.69, 9.17) is 9.47 Å². The number of carbonyl (C=O) groups is 2. The molecule has 1 aliphatic rings. The van der Waals surface area contributed by atoms with Crippen molar-refractivity contribution in [2.75, 3.05) is 26.7 Å². The first-order chi connectivity index (χ1) is 14.8. The minimum absolute atomic E-state index is 0.0885. The van der Waals surface area contributed by atoms with Gasteiger partial charge in [0.1, 0.15) is 17.0 Å². The maximum atomic E-state index is 12.8. The normalized spacial score (nSPS) is 14.9. The predicted molar refractivity (Wildman–Crippen MR) is 120 cm³/mol. The van der Waals surface area contributed by atoms with Crippen molar-refractivity contribution in [3.8, 4) is 5.75 Å². The van der Waals surface area contributed by atoms with Gasteiger partial charge >= 0.3 is 6.09 Å². The van der Waals surface area contributed by atoms with Crippen molar-refractivity contribution in [2.24, 2.45) is 0 Å². The molecule has 0 atom stereocenters. The number of carbonyl (C=O) groups excluding carboxylic acids is 2. The van der Waals surface area contributed by atoms with Gasteiger partial charge < -0.3 is 24.3 Å². The molecule has 7 nitrogen and oxygen atoms in total. The lowest BCUT2D eigenvalue weighted by Crippen LogP contribution is -2.42. The summed E-state index contributed by atoms with van der Waals surface area (Å²) in [5.41, 5.74) is 1.22. The Morgan fingerprint density at radius 3 is 2.48 bits per heavy atom. The first-order valence-corrected chi connectivity index (χ1v) is 10.8. The van der Waals surface area contributed by atoms with Crippen molar-refractivity contribution in [1.82, 2.24) is 14.8 Å². The summed E-state index contributed by atoms with van der Waals surface area (Å²) in [6.07, 6.45) is 3.95. The van der Waals surface area contributed by atoms with Gasteiger partial charge in [0.05, 0.1) is 7.11 Å². The van der Waals surface area contributed by atoms with E-state index in [1.54, 1.807) is 12.0 Å². The van der Waals surface area contributed by atoms with Gasteiger partial charge in [-0.1, -0.05) is 18.2 Å². The van der Waals surface area contributed by atoms with Crippen molar-refractivity contribution in [2.45, 2.75) is 51.7 Å². The zero-order valence-corrected chi connectivity index (χ0v) is 18.9. The molecule has 2 heterocycles. The van der Waals surface area contributed by atoms with Gasteiger partial charge in [-0.25, -0.2) is 4.79 Å². The fraction of sp³-hybridized carbons (Fsp3) is 0.500. The monoisotopic (exact) mass is 427 g/mol. The molecule has 1 N–H and O–H groups in total. The number of rotatable bonds is 6. The van der Waals surface area contributed by atoms with Crippen LogP contribution in [0.3, 0.4) is 0 Å². The molecule has 0 aliphatic carbocycles. The van der Waals surface area contributed by atoms with E-state index in [1.165, 1.54) is 0 Å². The molecule has 31 heavy (non-hydrogen) atoms. The molecule has 0 saturated carbocycles. The highest BCUT2D eigenvalue weighted by molar-refractivity contribution is 5.92. The topological polar surface area (TPSA) is 72.8 Å². The fourth-order valence-corrected chi connectivity index (χ4v) is 3.87. The smallest absolute Gasteiger partial charge is 0.410 e. The third-order valence-electron chi connectivity index (χ3n) is 5.39. The van der Waals surface area contributed by atoms with E-state index in [0.717, 1.165) is 24.2 Å². The number of benzene rings is 1. The minimum Gasteiger partial charge on any atom is -0.496 e. The van der Waals surface area contributed by atoms with Gasteiger partial charge in [-0.2, -0.15) is 0 Å². The molecule has 1 fully saturated rings. The SMILES string of the molecule is COc1ccccc1CCNC(=O)c1cccn1C1CCN(C(=O)OC(C)(C)C)CC1. The van der Waals surface area contributed by atoms with Crippen LogP contribution < -0.4 is 10.1 Å². The van der Waals surface area contributed by atoms with E-state index >= 15 is 0 Å². The summed E-state index contributed by atoms with van der Waals surface area (Å²) in [6, 6.07) is 11.8. The number of para-hydroxylation sites is 1. The highest BCUT2D eigenvalue weighted by Crippen LogP contribution is 2.26. The number of nitrogens with one attached hydrogen (secondary N) is 1. The second kappa shape index (κ2) is 9.90. The van der Waals surface area contributed by atoms with Gasteiger partial charge in [0, 0.05) is 31.9 Å². The number of aromatic nitrogens is 1. The van der Waals surface area contributed by atoms with Gasteiger partial charge in [0.2, 0.25) is 0 Å². The third-order valence-corrected chi connectivity index (χ3v) is 5.39. The van der Waals surface area contributed by atoms with E-state index in [9.17, 15) is 9.59 Å².